The molecule has 2 N–H and O–H groups in total. The minimum Gasteiger partial charge on any atom is -0.459 e. The molecule has 17 heavy (non-hydrogen) atoms. The van der Waals surface area contributed by atoms with Gasteiger partial charge in [-0.15, -0.1) is 0 Å². The van der Waals surface area contributed by atoms with Gasteiger partial charge in [0.25, 0.3) is 0 Å². The second kappa shape index (κ2) is 5.07. The van der Waals surface area contributed by atoms with Crippen molar-refractivity contribution in [3.05, 3.63) is 46.1 Å². The molecule has 3 heteroatoms. The van der Waals surface area contributed by atoms with Crippen molar-refractivity contribution in [3.8, 4) is 11.3 Å². The maximum Gasteiger partial charge on any atom is 0.134 e. The largest absolute Gasteiger partial charge is 0.459 e. The van der Waals surface area contributed by atoms with Gasteiger partial charge < -0.3 is 10.2 Å². The van der Waals surface area contributed by atoms with E-state index >= 15 is 0 Å². The molecule has 1 unspecified atom stereocenters. The lowest BCUT2D eigenvalue weighted by molar-refractivity contribution is 0.470. The average molecular weight is 294 g/mol. The Morgan fingerprint density at radius 3 is 2.76 bits per heavy atom. The summed E-state index contributed by atoms with van der Waals surface area (Å²) in [5.74, 6) is 1.73. The summed E-state index contributed by atoms with van der Waals surface area (Å²) >= 11 is 3.48. The highest BCUT2D eigenvalue weighted by Crippen LogP contribution is 2.30. The Balaban J connectivity index is 2.40. The zero-order chi connectivity index (χ0) is 12.4. The van der Waals surface area contributed by atoms with Crippen molar-refractivity contribution in [2.24, 2.45) is 5.73 Å². The highest BCUT2D eigenvalue weighted by atomic mass is 79.9. The molecule has 0 saturated heterocycles. The van der Waals surface area contributed by atoms with Gasteiger partial charge in [-0.25, -0.2) is 0 Å². The predicted molar refractivity (Wildman–Crippen MR) is 73.8 cm³/mol. The fourth-order valence-electron chi connectivity index (χ4n) is 1.76. The maximum atomic E-state index is 5.95. The first-order valence-corrected chi connectivity index (χ1v) is 6.53. The van der Waals surface area contributed by atoms with E-state index in [4.69, 9.17) is 10.2 Å². The quantitative estimate of drug-likeness (QED) is 0.909. The van der Waals surface area contributed by atoms with E-state index in [9.17, 15) is 0 Å². The second-order valence-electron chi connectivity index (χ2n) is 4.18. The van der Waals surface area contributed by atoms with Crippen LogP contribution in [0, 0.1) is 6.92 Å². The van der Waals surface area contributed by atoms with Gasteiger partial charge in [0.2, 0.25) is 0 Å². The number of furan rings is 1. The molecule has 0 fully saturated rings. The van der Waals surface area contributed by atoms with Crippen molar-refractivity contribution in [2.45, 2.75) is 26.3 Å². The molecule has 90 valence electrons. The molecule has 0 aliphatic heterocycles. The van der Waals surface area contributed by atoms with Gasteiger partial charge in [0, 0.05) is 10.0 Å². The van der Waals surface area contributed by atoms with E-state index in [2.05, 4.69) is 41.9 Å². The van der Waals surface area contributed by atoms with E-state index < -0.39 is 0 Å². The Labute approximate surface area is 110 Å². The van der Waals surface area contributed by atoms with Crippen LogP contribution < -0.4 is 5.73 Å². The second-order valence-corrected chi connectivity index (χ2v) is 5.09. The SMILES string of the molecule is CCC(N)c1ccc(-c2cc(Br)ccc2C)o1. The Morgan fingerprint density at radius 1 is 1.29 bits per heavy atom. The molecule has 2 aromatic rings. The van der Waals surface area contributed by atoms with Crippen LogP contribution in [0.5, 0.6) is 0 Å². The number of hydrogen-bond donors (Lipinski definition) is 1. The third kappa shape index (κ3) is 2.61. The highest BCUT2D eigenvalue weighted by molar-refractivity contribution is 9.10. The van der Waals surface area contributed by atoms with Crippen LogP contribution >= 0.6 is 15.9 Å². The normalized spacial score (nSPS) is 12.7. The molecular weight excluding hydrogens is 278 g/mol. The van der Waals surface area contributed by atoms with Crippen LogP contribution in [0.1, 0.15) is 30.7 Å². The van der Waals surface area contributed by atoms with Gasteiger partial charge in [0.1, 0.15) is 11.5 Å². The maximum absolute atomic E-state index is 5.95. The molecule has 0 saturated carbocycles. The van der Waals surface area contributed by atoms with Gasteiger partial charge in [-0.05, 0) is 43.2 Å². The van der Waals surface area contributed by atoms with E-state index in [0.717, 1.165) is 28.0 Å². The molecule has 0 aliphatic carbocycles. The lowest BCUT2D eigenvalue weighted by Gasteiger charge is -2.06. The average Bonchev–Trinajstić information content (AvgIpc) is 2.80. The summed E-state index contributed by atoms with van der Waals surface area (Å²) in [5.41, 5.74) is 8.25. The zero-order valence-corrected chi connectivity index (χ0v) is 11.6. The lowest BCUT2D eigenvalue weighted by Crippen LogP contribution is -2.06. The monoisotopic (exact) mass is 293 g/mol. The van der Waals surface area contributed by atoms with Gasteiger partial charge in [0.05, 0.1) is 6.04 Å². The molecule has 0 spiro atoms. The summed E-state index contributed by atoms with van der Waals surface area (Å²) in [6.07, 6.45) is 0.879. The smallest absolute Gasteiger partial charge is 0.134 e. The van der Waals surface area contributed by atoms with Crippen LogP contribution in [-0.4, -0.2) is 0 Å². The molecular formula is C14H16BrNO. The minimum absolute atomic E-state index is 0.0174. The summed E-state index contributed by atoms with van der Waals surface area (Å²) in [4.78, 5) is 0. The topological polar surface area (TPSA) is 39.2 Å². The summed E-state index contributed by atoms with van der Waals surface area (Å²) in [5, 5.41) is 0. The number of nitrogens with two attached hydrogens (primary N) is 1. The Bertz CT molecular complexity index is 519. The first kappa shape index (κ1) is 12.4. The molecule has 1 atom stereocenters. The van der Waals surface area contributed by atoms with Crippen LogP contribution in [-0.2, 0) is 0 Å². The number of benzene rings is 1. The number of halogens is 1. The van der Waals surface area contributed by atoms with E-state index in [0.29, 0.717) is 0 Å². The van der Waals surface area contributed by atoms with Crippen molar-refractivity contribution < 1.29 is 4.42 Å². The van der Waals surface area contributed by atoms with Crippen LogP contribution in [0.4, 0.5) is 0 Å². The third-order valence-corrected chi connectivity index (χ3v) is 3.39. The van der Waals surface area contributed by atoms with Crippen molar-refractivity contribution in [1.82, 2.24) is 0 Å². The first-order valence-electron chi connectivity index (χ1n) is 5.73. The van der Waals surface area contributed by atoms with Crippen molar-refractivity contribution in [1.29, 1.82) is 0 Å². The predicted octanol–water partition coefficient (Wildman–Crippen LogP) is 4.43. The van der Waals surface area contributed by atoms with E-state index in [1.165, 1.54) is 5.56 Å². The standard InChI is InChI=1S/C14H16BrNO/c1-3-12(16)14-7-6-13(17-14)11-8-10(15)5-4-9(11)2/h4-8,12H,3,16H2,1-2H3. The van der Waals surface area contributed by atoms with Crippen molar-refractivity contribution >= 4 is 15.9 Å². The first-order chi connectivity index (χ1) is 8.11. The van der Waals surface area contributed by atoms with Gasteiger partial charge in [-0.3, -0.25) is 0 Å². The molecule has 2 nitrogen and oxygen atoms in total. The van der Waals surface area contributed by atoms with Crippen molar-refractivity contribution in [2.75, 3.05) is 0 Å². The van der Waals surface area contributed by atoms with Gasteiger partial charge >= 0.3 is 0 Å². The number of aryl methyl sites for hydroxylation is 1. The lowest BCUT2D eigenvalue weighted by atomic mass is 10.1. The molecule has 2 rings (SSSR count). The molecule has 1 aromatic carbocycles. The van der Waals surface area contributed by atoms with Gasteiger partial charge in [-0.1, -0.05) is 28.9 Å². The zero-order valence-electron chi connectivity index (χ0n) is 10.0. The number of rotatable bonds is 3. The minimum atomic E-state index is -0.0174. The van der Waals surface area contributed by atoms with Crippen molar-refractivity contribution in [3.63, 3.8) is 0 Å². The molecule has 1 heterocycles. The van der Waals surface area contributed by atoms with Gasteiger partial charge in [0.15, 0.2) is 0 Å². The van der Waals surface area contributed by atoms with E-state index in [-0.39, 0.29) is 6.04 Å². The van der Waals surface area contributed by atoms with Crippen LogP contribution in [0.25, 0.3) is 11.3 Å². The summed E-state index contributed by atoms with van der Waals surface area (Å²) < 4.78 is 6.86. The summed E-state index contributed by atoms with van der Waals surface area (Å²) in [6.45, 7) is 4.13. The fourth-order valence-corrected chi connectivity index (χ4v) is 2.12. The molecule has 1 aromatic heterocycles. The highest BCUT2D eigenvalue weighted by Gasteiger charge is 2.11. The molecule has 0 radical (unpaired) electrons. The number of hydrogen-bond acceptors (Lipinski definition) is 2. The summed E-state index contributed by atoms with van der Waals surface area (Å²) in [7, 11) is 0. The molecule has 0 aliphatic rings. The van der Waals surface area contributed by atoms with Gasteiger partial charge in [-0.2, -0.15) is 0 Å². The van der Waals surface area contributed by atoms with Crippen LogP contribution in [0.15, 0.2) is 39.2 Å². The Morgan fingerprint density at radius 2 is 2.06 bits per heavy atom. The Kier molecular flexibility index (Phi) is 3.69. The molecule has 0 amide bonds. The van der Waals surface area contributed by atoms with E-state index in [1.807, 2.05) is 18.2 Å². The summed E-state index contributed by atoms with van der Waals surface area (Å²) in [6, 6.07) is 10.1. The van der Waals surface area contributed by atoms with E-state index in [1.54, 1.807) is 0 Å². The third-order valence-electron chi connectivity index (χ3n) is 2.90. The molecule has 0 bridgehead atoms. The fraction of sp³-hybridized carbons (Fsp3) is 0.286. The van der Waals surface area contributed by atoms with Crippen LogP contribution in [0.3, 0.4) is 0 Å². The van der Waals surface area contributed by atoms with Crippen LogP contribution in [0.2, 0.25) is 0 Å². The Hall–Kier alpha value is -1.06.